The minimum absolute atomic E-state index is 0.0718. The van der Waals surface area contributed by atoms with Crippen LogP contribution in [0.2, 0.25) is 0 Å². The number of nitrogens with one attached hydrogen (secondary N) is 2. The maximum Gasteiger partial charge on any atom is 0.251 e. The summed E-state index contributed by atoms with van der Waals surface area (Å²) in [5, 5.41) is 23.7. The summed E-state index contributed by atoms with van der Waals surface area (Å²) in [5.41, 5.74) is 1.01. The highest BCUT2D eigenvalue weighted by atomic mass is 19.1. The van der Waals surface area contributed by atoms with Gasteiger partial charge in [0.1, 0.15) is 6.04 Å². The number of benzene rings is 1. The van der Waals surface area contributed by atoms with Crippen LogP contribution in [0, 0.1) is 5.82 Å². The summed E-state index contributed by atoms with van der Waals surface area (Å²) < 4.78 is 21.1. The van der Waals surface area contributed by atoms with E-state index in [0.717, 1.165) is 25.7 Å². The summed E-state index contributed by atoms with van der Waals surface area (Å²) in [6, 6.07) is 2.04. The molecule has 0 aliphatic carbocycles. The van der Waals surface area contributed by atoms with Crippen LogP contribution in [0.5, 0.6) is 5.75 Å². The number of amides is 2. The molecular formula is C23H33FN4O5. The summed E-state index contributed by atoms with van der Waals surface area (Å²) in [7, 11) is 0. The lowest BCUT2D eigenvalue weighted by atomic mass is 10.0. The van der Waals surface area contributed by atoms with E-state index in [1.54, 1.807) is 11.0 Å². The third kappa shape index (κ3) is 6.20. The lowest BCUT2D eigenvalue weighted by Crippen LogP contribution is -2.39. The minimum Gasteiger partial charge on any atom is -0.487 e. The molecule has 2 aliphatic rings. The lowest BCUT2D eigenvalue weighted by molar-refractivity contribution is -0.123. The highest BCUT2D eigenvalue weighted by Crippen LogP contribution is 2.38. The topological polar surface area (TPSA) is 123 Å². The number of ether oxygens (including phenoxy) is 1. The second-order valence-electron chi connectivity index (χ2n) is 8.33. The van der Waals surface area contributed by atoms with Gasteiger partial charge >= 0.3 is 0 Å². The summed E-state index contributed by atoms with van der Waals surface area (Å²) in [4.78, 5) is 30.1. The maximum atomic E-state index is 14.9. The molecule has 2 aliphatic heterocycles. The number of unbranched alkanes of at least 4 members (excludes halogenated alkanes) is 3. The van der Waals surface area contributed by atoms with Crippen LogP contribution in [0.4, 0.5) is 10.1 Å². The van der Waals surface area contributed by atoms with Crippen molar-refractivity contribution in [3.05, 3.63) is 23.5 Å². The summed E-state index contributed by atoms with van der Waals surface area (Å²) in [6.07, 6.45) is 5.01. The highest BCUT2D eigenvalue weighted by molar-refractivity contribution is 6.07. The number of rotatable bonds is 13. The van der Waals surface area contributed by atoms with Gasteiger partial charge < -0.3 is 25.2 Å². The van der Waals surface area contributed by atoms with Crippen molar-refractivity contribution in [2.45, 2.75) is 70.6 Å². The van der Waals surface area contributed by atoms with E-state index in [-0.39, 0.29) is 56.4 Å². The van der Waals surface area contributed by atoms with Crippen molar-refractivity contribution in [3.63, 3.8) is 0 Å². The molecule has 0 saturated carbocycles. The molecule has 0 radical (unpaired) electrons. The Labute approximate surface area is 193 Å². The lowest BCUT2D eigenvalue weighted by Gasteiger charge is -2.29. The molecule has 0 bridgehead atoms. The SMILES string of the molecule is CCCCCCC(CCC(=O)NCCO)Oc1c(F)ccc2c1CN1C(=N2)NC(=O)C1CO. The zero-order valence-corrected chi connectivity index (χ0v) is 19.0. The first kappa shape index (κ1) is 24.9. The van der Waals surface area contributed by atoms with Crippen LogP contribution in [0.25, 0.3) is 0 Å². The normalized spacial score (nSPS) is 17.7. The fraction of sp³-hybridized carbons (Fsp3) is 0.609. The molecule has 33 heavy (non-hydrogen) atoms. The number of aliphatic imine (C=N–C) groups is 1. The van der Waals surface area contributed by atoms with Gasteiger partial charge in [0.25, 0.3) is 5.91 Å². The van der Waals surface area contributed by atoms with Crippen LogP contribution in [0.15, 0.2) is 17.1 Å². The largest absolute Gasteiger partial charge is 0.487 e. The molecule has 9 nitrogen and oxygen atoms in total. The maximum absolute atomic E-state index is 14.9. The average Bonchev–Trinajstić information content (AvgIpc) is 3.12. The van der Waals surface area contributed by atoms with E-state index in [4.69, 9.17) is 9.84 Å². The number of carbonyl (C=O) groups is 2. The molecule has 1 aromatic carbocycles. The Morgan fingerprint density at radius 3 is 2.88 bits per heavy atom. The zero-order chi connectivity index (χ0) is 23.8. The molecule has 182 valence electrons. The Morgan fingerprint density at radius 1 is 1.33 bits per heavy atom. The van der Waals surface area contributed by atoms with Gasteiger partial charge in [0.05, 0.1) is 31.5 Å². The number of fused-ring (bicyclic) bond motifs is 2. The second kappa shape index (κ2) is 11.9. The van der Waals surface area contributed by atoms with Gasteiger partial charge in [-0.3, -0.25) is 14.9 Å². The van der Waals surface area contributed by atoms with Crippen molar-refractivity contribution in [3.8, 4) is 5.75 Å². The van der Waals surface area contributed by atoms with E-state index >= 15 is 0 Å². The standard InChI is InChI=1S/C23H33FN4O5/c1-2-3-4-5-6-15(7-10-20(31)25-11-12-29)33-21-16-13-28-19(14-30)22(32)27-23(28)26-18(16)9-8-17(21)24/h8-9,15,19,29-30H,2-7,10-14H2,1H3,(H,25,31)(H,26,27,32). The van der Waals surface area contributed by atoms with E-state index in [1.807, 2.05) is 0 Å². The Kier molecular flexibility index (Phi) is 9.02. The van der Waals surface area contributed by atoms with Gasteiger partial charge in [0, 0.05) is 18.5 Å². The summed E-state index contributed by atoms with van der Waals surface area (Å²) in [5.74, 6) is -0.670. The molecule has 1 aromatic rings. The Bertz CT molecular complexity index is 879. The van der Waals surface area contributed by atoms with Gasteiger partial charge in [-0.25, -0.2) is 9.38 Å². The van der Waals surface area contributed by atoms with Crippen LogP contribution >= 0.6 is 0 Å². The number of aliphatic hydroxyl groups excluding tert-OH is 2. The first-order valence-corrected chi connectivity index (χ1v) is 11.6. The number of hydrogen-bond donors (Lipinski definition) is 4. The van der Waals surface area contributed by atoms with Gasteiger partial charge in [-0.2, -0.15) is 0 Å². The first-order chi connectivity index (χ1) is 16.0. The number of nitrogens with zero attached hydrogens (tertiary/aromatic N) is 2. The monoisotopic (exact) mass is 464 g/mol. The number of carbonyl (C=O) groups excluding carboxylic acids is 2. The van der Waals surface area contributed by atoms with Crippen LogP contribution in [-0.2, 0) is 16.1 Å². The van der Waals surface area contributed by atoms with Gasteiger partial charge in [-0.15, -0.1) is 0 Å². The molecule has 1 fully saturated rings. The Hall–Kier alpha value is -2.72. The Morgan fingerprint density at radius 2 is 2.15 bits per heavy atom. The fourth-order valence-corrected chi connectivity index (χ4v) is 4.07. The van der Waals surface area contributed by atoms with E-state index in [2.05, 4.69) is 22.5 Å². The van der Waals surface area contributed by atoms with Crippen LogP contribution in [0.3, 0.4) is 0 Å². The van der Waals surface area contributed by atoms with Crippen molar-refractivity contribution >= 4 is 23.5 Å². The molecule has 2 atom stereocenters. The van der Waals surface area contributed by atoms with Crippen LogP contribution in [0.1, 0.15) is 57.4 Å². The van der Waals surface area contributed by atoms with Gasteiger partial charge in [0.2, 0.25) is 11.9 Å². The Balaban J connectivity index is 1.78. The van der Waals surface area contributed by atoms with E-state index < -0.39 is 11.9 Å². The molecule has 4 N–H and O–H groups in total. The molecule has 3 rings (SSSR count). The van der Waals surface area contributed by atoms with E-state index in [9.17, 15) is 19.1 Å². The van der Waals surface area contributed by atoms with Crippen molar-refractivity contribution in [2.24, 2.45) is 4.99 Å². The third-order valence-corrected chi connectivity index (χ3v) is 5.89. The number of guanidine groups is 1. The molecule has 0 spiro atoms. The van der Waals surface area contributed by atoms with Crippen molar-refractivity contribution in [1.82, 2.24) is 15.5 Å². The number of hydrogen-bond acceptors (Lipinski definition) is 7. The van der Waals surface area contributed by atoms with E-state index in [1.165, 1.54) is 6.07 Å². The third-order valence-electron chi connectivity index (χ3n) is 5.89. The molecule has 2 heterocycles. The fourth-order valence-electron chi connectivity index (χ4n) is 4.07. The summed E-state index contributed by atoms with van der Waals surface area (Å²) >= 11 is 0. The van der Waals surface area contributed by atoms with Crippen molar-refractivity contribution < 1.29 is 28.9 Å². The molecule has 2 amide bonds. The van der Waals surface area contributed by atoms with E-state index in [0.29, 0.717) is 30.1 Å². The number of aliphatic hydroxyl groups is 2. The molecule has 0 aromatic heterocycles. The highest BCUT2D eigenvalue weighted by Gasteiger charge is 2.40. The predicted molar refractivity (Wildman–Crippen MR) is 121 cm³/mol. The first-order valence-electron chi connectivity index (χ1n) is 11.6. The van der Waals surface area contributed by atoms with Crippen LogP contribution in [-0.4, -0.2) is 64.8 Å². The van der Waals surface area contributed by atoms with Crippen molar-refractivity contribution in [1.29, 1.82) is 0 Å². The molecule has 1 saturated heterocycles. The second-order valence-corrected chi connectivity index (χ2v) is 8.33. The summed E-state index contributed by atoms with van der Waals surface area (Å²) in [6.45, 7) is 1.98. The molecular weight excluding hydrogens is 431 g/mol. The number of halogens is 1. The molecule has 10 heteroatoms. The quantitative estimate of drug-likeness (QED) is 0.330. The van der Waals surface area contributed by atoms with Gasteiger partial charge in [-0.05, 0) is 31.4 Å². The smallest absolute Gasteiger partial charge is 0.251 e. The van der Waals surface area contributed by atoms with Crippen molar-refractivity contribution in [2.75, 3.05) is 19.8 Å². The average molecular weight is 465 g/mol. The van der Waals surface area contributed by atoms with Gasteiger partial charge in [0.15, 0.2) is 11.6 Å². The van der Waals surface area contributed by atoms with Crippen LogP contribution < -0.4 is 15.4 Å². The zero-order valence-electron chi connectivity index (χ0n) is 19.0. The minimum atomic E-state index is -0.784. The predicted octanol–water partition coefficient (Wildman–Crippen LogP) is 1.73. The molecule has 2 unspecified atom stereocenters. The van der Waals surface area contributed by atoms with Gasteiger partial charge in [-0.1, -0.05) is 26.2 Å².